The van der Waals surface area contributed by atoms with Crippen LogP contribution in [-0.4, -0.2) is 17.3 Å². The summed E-state index contributed by atoms with van der Waals surface area (Å²) in [5.41, 5.74) is 0.604. The van der Waals surface area contributed by atoms with Gasteiger partial charge in [0.1, 0.15) is 5.75 Å². The Balaban J connectivity index is 3.18. The Labute approximate surface area is 76.9 Å². The maximum absolute atomic E-state index is 9.56. The van der Waals surface area contributed by atoms with Crippen molar-refractivity contribution in [2.75, 3.05) is 7.11 Å². The number of phenols is 2. The second-order valence-electron chi connectivity index (χ2n) is 2.65. The summed E-state index contributed by atoms with van der Waals surface area (Å²) in [7, 11) is 1.44. The van der Waals surface area contributed by atoms with E-state index in [1.54, 1.807) is 6.08 Å². The number of allylic oxidation sites excluding steroid dienone is 1. The molecule has 1 rings (SSSR count). The van der Waals surface area contributed by atoms with Crippen LogP contribution in [0.2, 0.25) is 0 Å². The van der Waals surface area contributed by atoms with E-state index >= 15 is 0 Å². The Kier molecular flexibility index (Phi) is 2.80. The lowest BCUT2D eigenvalue weighted by Crippen LogP contribution is -1.88. The highest BCUT2D eigenvalue weighted by molar-refractivity contribution is 5.50. The Morgan fingerprint density at radius 1 is 1.46 bits per heavy atom. The fraction of sp³-hybridized carbons (Fsp3) is 0.200. The predicted octanol–water partition coefficient (Wildman–Crippen LogP) is 1.83. The third-order valence-electron chi connectivity index (χ3n) is 1.72. The van der Waals surface area contributed by atoms with Gasteiger partial charge in [-0.3, -0.25) is 0 Å². The van der Waals surface area contributed by atoms with Gasteiger partial charge in [-0.05, 0) is 12.5 Å². The molecule has 0 radical (unpaired) electrons. The number of benzene rings is 1. The minimum absolute atomic E-state index is 0.0557. The average molecular weight is 180 g/mol. The van der Waals surface area contributed by atoms with Crippen molar-refractivity contribution in [1.29, 1.82) is 0 Å². The molecule has 0 saturated heterocycles. The highest BCUT2D eigenvalue weighted by Gasteiger charge is 2.08. The molecule has 2 N–H and O–H groups in total. The van der Waals surface area contributed by atoms with Crippen molar-refractivity contribution in [2.24, 2.45) is 0 Å². The molecule has 0 aliphatic rings. The van der Waals surface area contributed by atoms with Gasteiger partial charge in [0.05, 0.1) is 7.11 Å². The van der Waals surface area contributed by atoms with Crippen LogP contribution < -0.4 is 4.74 Å². The molecule has 3 nitrogen and oxygen atoms in total. The molecule has 1 aromatic rings. The molecule has 1 aromatic carbocycles. The highest BCUT2D eigenvalue weighted by Crippen LogP contribution is 2.34. The van der Waals surface area contributed by atoms with Crippen LogP contribution in [0.4, 0.5) is 0 Å². The van der Waals surface area contributed by atoms with Crippen molar-refractivity contribution in [3.8, 4) is 17.2 Å². The number of hydrogen-bond donors (Lipinski definition) is 2. The lowest BCUT2D eigenvalue weighted by atomic mass is 10.1. The first-order chi connectivity index (χ1) is 6.19. The number of hydrogen-bond acceptors (Lipinski definition) is 3. The number of rotatable bonds is 3. The van der Waals surface area contributed by atoms with Crippen LogP contribution in [0, 0.1) is 0 Å². The number of phenolic OH excluding ortho intramolecular Hbond substituents is 2. The van der Waals surface area contributed by atoms with E-state index < -0.39 is 0 Å². The van der Waals surface area contributed by atoms with Gasteiger partial charge in [0.2, 0.25) is 0 Å². The third kappa shape index (κ3) is 1.93. The molecule has 0 fully saturated rings. The maximum atomic E-state index is 9.56. The van der Waals surface area contributed by atoms with Crippen LogP contribution in [-0.2, 0) is 6.42 Å². The molecule has 0 amide bonds. The van der Waals surface area contributed by atoms with Crippen molar-refractivity contribution >= 4 is 0 Å². The molecule has 0 saturated carbocycles. The molecule has 0 aliphatic heterocycles. The van der Waals surface area contributed by atoms with E-state index in [1.807, 2.05) is 0 Å². The van der Waals surface area contributed by atoms with Gasteiger partial charge in [0.25, 0.3) is 0 Å². The minimum Gasteiger partial charge on any atom is -0.508 e. The summed E-state index contributed by atoms with van der Waals surface area (Å²) in [6.07, 6.45) is 2.14. The Bertz CT molecular complexity index is 318. The molecule has 13 heavy (non-hydrogen) atoms. The Morgan fingerprint density at radius 2 is 2.15 bits per heavy atom. The molecule has 0 heterocycles. The van der Waals surface area contributed by atoms with Crippen molar-refractivity contribution in [3.05, 3.63) is 30.4 Å². The van der Waals surface area contributed by atoms with E-state index in [9.17, 15) is 10.2 Å². The van der Waals surface area contributed by atoms with Gasteiger partial charge in [-0.2, -0.15) is 0 Å². The van der Waals surface area contributed by atoms with Crippen LogP contribution >= 0.6 is 0 Å². The van der Waals surface area contributed by atoms with Gasteiger partial charge >= 0.3 is 0 Å². The van der Waals surface area contributed by atoms with Gasteiger partial charge in [-0.25, -0.2) is 0 Å². The van der Waals surface area contributed by atoms with Gasteiger partial charge in [0.15, 0.2) is 11.5 Å². The zero-order valence-corrected chi connectivity index (χ0v) is 7.45. The molecule has 0 aliphatic carbocycles. The summed E-state index contributed by atoms with van der Waals surface area (Å²) in [6.45, 7) is 3.55. The van der Waals surface area contributed by atoms with Crippen molar-refractivity contribution in [3.63, 3.8) is 0 Å². The summed E-state index contributed by atoms with van der Waals surface area (Å²) >= 11 is 0. The Hall–Kier alpha value is -1.64. The molecule has 0 unspecified atom stereocenters. The maximum Gasteiger partial charge on any atom is 0.164 e. The standard InChI is InChI=1S/C10H12O3/c1-3-4-7-5-8(11)6-9(13-2)10(7)12/h3,5-6,11-12H,1,4H2,2H3. The first-order valence-electron chi connectivity index (χ1n) is 3.88. The van der Waals surface area contributed by atoms with Gasteiger partial charge in [0, 0.05) is 11.6 Å². The van der Waals surface area contributed by atoms with Crippen LogP contribution in [0.25, 0.3) is 0 Å². The van der Waals surface area contributed by atoms with E-state index in [2.05, 4.69) is 6.58 Å². The smallest absolute Gasteiger partial charge is 0.164 e. The molecule has 3 heteroatoms. The van der Waals surface area contributed by atoms with Crippen molar-refractivity contribution in [2.45, 2.75) is 6.42 Å². The molecule has 0 bridgehead atoms. The summed E-state index contributed by atoms with van der Waals surface area (Å²) in [6, 6.07) is 2.85. The monoisotopic (exact) mass is 180 g/mol. The third-order valence-corrected chi connectivity index (χ3v) is 1.72. The SMILES string of the molecule is C=CCc1cc(O)cc(OC)c1O. The van der Waals surface area contributed by atoms with E-state index in [0.29, 0.717) is 12.0 Å². The highest BCUT2D eigenvalue weighted by atomic mass is 16.5. The fourth-order valence-electron chi connectivity index (χ4n) is 1.12. The first kappa shape index (κ1) is 9.45. The number of methoxy groups -OCH3 is 1. The Morgan fingerprint density at radius 3 is 2.69 bits per heavy atom. The van der Waals surface area contributed by atoms with E-state index in [-0.39, 0.29) is 17.2 Å². The second kappa shape index (κ2) is 3.85. The van der Waals surface area contributed by atoms with Gasteiger partial charge < -0.3 is 14.9 Å². The zero-order chi connectivity index (χ0) is 9.84. The topological polar surface area (TPSA) is 49.7 Å². The van der Waals surface area contributed by atoms with Crippen LogP contribution in [0.5, 0.6) is 17.2 Å². The number of ether oxygens (including phenoxy) is 1. The zero-order valence-electron chi connectivity index (χ0n) is 7.45. The lowest BCUT2D eigenvalue weighted by molar-refractivity contribution is 0.366. The average Bonchev–Trinajstić information content (AvgIpc) is 2.11. The predicted molar refractivity (Wildman–Crippen MR) is 50.2 cm³/mol. The second-order valence-corrected chi connectivity index (χ2v) is 2.65. The minimum atomic E-state index is 0.0557. The van der Waals surface area contributed by atoms with Crippen molar-refractivity contribution in [1.82, 2.24) is 0 Å². The summed E-state index contributed by atoms with van der Waals surface area (Å²) < 4.78 is 4.87. The lowest BCUT2D eigenvalue weighted by Gasteiger charge is -2.07. The van der Waals surface area contributed by atoms with Gasteiger partial charge in [-0.1, -0.05) is 6.08 Å². The van der Waals surface area contributed by atoms with Crippen LogP contribution in [0.3, 0.4) is 0 Å². The van der Waals surface area contributed by atoms with E-state index in [0.717, 1.165) is 0 Å². The molecular formula is C10H12O3. The fourth-order valence-corrected chi connectivity index (χ4v) is 1.12. The number of aromatic hydroxyl groups is 2. The largest absolute Gasteiger partial charge is 0.508 e. The van der Waals surface area contributed by atoms with Gasteiger partial charge in [-0.15, -0.1) is 6.58 Å². The van der Waals surface area contributed by atoms with E-state index in [4.69, 9.17) is 4.74 Å². The van der Waals surface area contributed by atoms with Crippen LogP contribution in [0.15, 0.2) is 24.8 Å². The van der Waals surface area contributed by atoms with E-state index in [1.165, 1.54) is 19.2 Å². The molecule has 0 atom stereocenters. The first-order valence-corrected chi connectivity index (χ1v) is 3.88. The summed E-state index contributed by atoms with van der Waals surface area (Å²) in [5.74, 6) is 0.406. The molecular weight excluding hydrogens is 168 g/mol. The van der Waals surface area contributed by atoms with Crippen LogP contribution in [0.1, 0.15) is 5.56 Å². The summed E-state index contributed by atoms with van der Waals surface area (Å²) in [5, 5.41) is 18.8. The molecule has 0 aromatic heterocycles. The quantitative estimate of drug-likeness (QED) is 0.551. The molecule has 0 spiro atoms. The van der Waals surface area contributed by atoms with Crippen molar-refractivity contribution < 1.29 is 14.9 Å². The normalized spacial score (nSPS) is 9.62. The summed E-state index contributed by atoms with van der Waals surface area (Å²) in [4.78, 5) is 0. The molecule has 70 valence electrons.